The Morgan fingerprint density at radius 1 is 1.04 bits per heavy atom. The normalized spacial score (nSPS) is 13.0. The lowest BCUT2D eigenvalue weighted by Crippen LogP contribution is -2.38. The van der Waals surface area contributed by atoms with E-state index in [1.54, 1.807) is 38.3 Å². The number of nitrogens with one attached hydrogen (secondary N) is 1. The molecule has 2 aromatic rings. The fourth-order valence-electron chi connectivity index (χ4n) is 2.42. The molecule has 0 aliphatic carbocycles. The number of hydrogen-bond donors (Lipinski definition) is 1. The lowest BCUT2D eigenvalue weighted by molar-refractivity contribution is -0.128. The van der Waals surface area contributed by atoms with Gasteiger partial charge in [0.15, 0.2) is 6.10 Å². The monoisotopic (exact) mass is 327 g/mol. The fourth-order valence-corrected chi connectivity index (χ4v) is 2.42. The van der Waals surface area contributed by atoms with Crippen LogP contribution in [0.2, 0.25) is 0 Å². The van der Waals surface area contributed by atoms with Gasteiger partial charge in [0, 0.05) is 0 Å². The molecule has 0 saturated carbocycles. The highest BCUT2D eigenvalue weighted by molar-refractivity contribution is 5.81. The average molecular weight is 327 g/mol. The van der Waals surface area contributed by atoms with Gasteiger partial charge in [-0.15, -0.1) is 0 Å². The van der Waals surface area contributed by atoms with Crippen molar-refractivity contribution < 1.29 is 14.3 Å². The van der Waals surface area contributed by atoms with Crippen LogP contribution >= 0.6 is 0 Å². The molecular formula is C20H25NO3. The van der Waals surface area contributed by atoms with Crippen LogP contribution in [0, 0.1) is 6.92 Å². The van der Waals surface area contributed by atoms with Gasteiger partial charge in [-0.25, -0.2) is 0 Å². The molecule has 0 bridgehead atoms. The molecule has 2 aromatic carbocycles. The molecule has 4 heteroatoms. The first kappa shape index (κ1) is 17.9. The SMILES string of the molecule is CC[C@@H](NC(=O)[C@@H](C)Oc1ccc(OC)cc1)c1ccc(C)cc1. The van der Waals surface area contributed by atoms with E-state index in [2.05, 4.69) is 36.5 Å². The Balaban J connectivity index is 1.97. The van der Waals surface area contributed by atoms with E-state index >= 15 is 0 Å². The number of rotatable bonds is 7. The molecular weight excluding hydrogens is 302 g/mol. The van der Waals surface area contributed by atoms with E-state index in [1.807, 2.05) is 6.92 Å². The highest BCUT2D eigenvalue weighted by Gasteiger charge is 2.19. The van der Waals surface area contributed by atoms with Crippen LogP contribution in [0.4, 0.5) is 0 Å². The first-order valence-electron chi connectivity index (χ1n) is 8.21. The summed E-state index contributed by atoms with van der Waals surface area (Å²) in [5, 5.41) is 3.06. The predicted octanol–water partition coefficient (Wildman–Crippen LogP) is 4.04. The van der Waals surface area contributed by atoms with Crippen molar-refractivity contribution in [3.05, 3.63) is 59.7 Å². The third kappa shape index (κ3) is 4.75. The molecule has 128 valence electrons. The van der Waals surface area contributed by atoms with Gasteiger partial charge in [-0.3, -0.25) is 4.79 Å². The van der Waals surface area contributed by atoms with Crippen LogP contribution in [0.25, 0.3) is 0 Å². The first-order valence-corrected chi connectivity index (χ1v) is 8.21. The summed E-state index contributed by atoms with van der Waals surface area (Å²) in [7, 11) is 1.61. The molecule has 1 amide bonds. The van der Waals surface area contributed by atoms with Crippen molar-refractivity contribution >= 4 is 5.91 Å². The van der Waals surface area contributed by atoms with Crippen LogP contribution in [0.15, 0.2) is 48.5 Å². The van der Waals surface area contributed by atoms with E-state index in [4.69, 9.17) is 9.47 Å². The van der Waals surface area contributed by atoms with E-state index in [9.17, 15) is 4.79 Å². The van der Waals surface area contributed by atoms with Crippen molar-refractivity contribution in [3.8, 4) is 11.5 Å². The zero-order valence-corrected chi connectivity index (χ0v) is 14.7. The van der Waals surface area contributed by atoms with Gasteiger partial charge < -0.3 is 14.8 Å². The lowest BCUT2D eigenvalue weighted by Gasteiger charge is -2.21. The maximum atomic E-state index is 12.4. The molecule has 1 N–H and O–H groups in total. The molecule has 0 aromatic heterocycles. The molecule has 0 unspecified atom stereocenters. The Labute approximate surface area is 143 Å². The zero-order chi connectivity index (χ0) is 17.5. The highest BCUT2D eigenvalue weighted by atomic mass is 16.5. The molecule has 0 saturated heterocycles. The van der Waals surface area contributed by atoms with Crippen molar-refractivity contribution in [2.45, 2.75) is 39.3 Å². The molecule has 0 heterocycles. The molecule has 0 fully saturated rings. The Kier molecular flexibility index (Phi) is 6.24. The number of aryl methyl sites for hydroxylation is 1. The van der Waals surface area contributed by atoms with E-state index in [0.29, 0.717) is 5.75 Å². The topological polar surface area (TPSA) is 47.6 Å². The summed E-state index contributed by atoms with van der Waals surface area (Å²) in [6, 6.07) is 15.4. The van der Waals surface area contributed by atoms with Gasteiger partial charge in [-0.05, 0) is 50.1 Å². The number of methoxy groups -OCH3 is 1. The highest BCUT2D eigenvalue weighted by Crippen LogP contribution is 2.20. The molecule has 0 radical (unpaired) electrons. The van der Waals surface area contributed by atoms with Crippen molar-refractivity contribution in [1.82, 2.24) is 5.32 Å². The van der Waals surface area contributed by atoms with Crippen LogP contribution in [0.5, 0.6) is 11.5 Å². The minimum Gasteiger partial charge on any atom is -0.497 e. The lowest BCUT2D eigenvalue weighted by atomic mass is 10.0. The van der Waals surface area contributed by atoms with Crippen LogP contribution < -0.4 is 14.8 Å². The number of carbonyl (C=O) groups is 1. The summed E-state index contributed by atoms with van der Waals surface area (Å²) in [6.45, 7) is 5.86. The Hall–Kier alpha value is -2.49. The van der Waals surface area contributed by atoms with Gasteiger partial charge in [0.2, 0.25) is 0 Å². The summed E-state index contributed by atoms with van der Waals surface area (Å²) in [4.78, 5) is 12.4. The first-order chi connectivity index (χ1) is 11.5. The molecule has 0 aliphatic heterocycles. The van der Waals surface area contributed by atoms with Gasteiger partial charge in [0.05, 0.1) is 13.2 Å². The van der Waals surface area contributed by atoms with Crippen molar-refractivity contribution in [2.75, 3.05) is 7.11 Å². The van der Waals surface area contributed by atoms with Gasteiger partial charge in [-0.2, -0.15) is 0 Å². The smallest absolute Gasteiger partial charge is 0.261 e. The number of carbonyl (C=O) groups excluding carboxylic acids is 1. The van der Waals surface area contributed by atoms with Crippen LogP contribution in [-0.4, -0.2) is 19.1 Å². The standard InChI is InChI=1S/C20H25NO3/c1-5-19(16-8-6-14(2)7-9-16)21-20(22)15(3)24-18-12-10-17(23-4)11-13-18/h6-13,15,19H,5H2,1-4H3,(H,21,22)/t15-,19-/m1/s1. The third-order valence-corrected chi connectivity index (χ3v) is 3.95. The number of hydrogen-bond acceptors (Lipinski definition) is 3. The van der Waals surface area contributed by atoms with Crippen LogP contribution in [0.1, 0.15) is 37.4 Å². The quantitative estimate of drug-likeness (QED) is 0.835. The van der Waals surface area contributed by atoms with Crippen LogP contribution in [-0.2, 0) is 4.79 Å². The van der Waals surface area contributed by atoms with E-state index in [-0.39, 0.29) is 11.9 Å². The Bertz CT molecular complexity index is 650. The third-order valence-electron chi connectivity index (χ3n) is 3.95. The minimum atomic E-state index is -0.571. The summed E-state index contributed by atoms with van der Waals surface area (Å²) in [5.74, 6) is 1.27. The summed E-state index contributed by atoms with van der Waals surface area (Å²) >= 11 is 0. The number of ether oxygens (including phenoxy) is 2. The van der Waals surface area contributed by atoms with Crippen LogP contribution in [0.3, 0.4) is 0 Å². The Morgan fingerprint density at radius 3 is 2.17 bits per heavy atom. The van der Waals surface area contributed by atoms with Gasteiger partial charge in [0.25, 0.3) is 5.91 Å². The molecule has 4 nitrogen and oxygen atoms in total. The second kappa shape index (κ2) is 8.39. The number of amides is 1. The molecule has 2 rings (SSSR count). The van der Waals surface area contributed by atoms with Gasteiger partial charge >= 0.3 is 0 Å². The largest absolute Gasteiger partial charge is 0.497 e. The van der Waals surface area contributed by atoms with E-state index in [0.717, 1.165) is 17.7 Å². The van der Waals surface area contributed by atoms with Gasteiger partial charge in [-0.1, -0.05) is 36.8 Å². The Morgan fingerprint density at radius 2 is 1.62 bits per heavy atom. The summed E-state index contributed by atoms with van der Waals surface area (Å²) < 4.78 is 10.8. The second-order valence-electron chi connectivity index (χ2n) is 5.82. The van der Waals surface area contributed by atoms with E-state index < -0.39 is 6.10 Å². The predicted molar refractivity (Wildman–Crippen MR) is 95.4 cm³/mol. The molecule has 0 spiro atoms. The maximum absolute atomic E-state index is 12.4. The molecule has 24 heavy (non-hydrogen) atoms. The average Bonchev–Trinajstić information content (AvgIpc) is 2.61. The second-order valence-corrected chi connectivity index (χ2v) is 5.82. The van der Waals surface area contributed by atoms with Gasteiger partial charge in [0.1, 0.15) is 11.5 Å². The summed E-state index contributed by atoms with van der Waals surface area (Å²) in [5.41, 5.74) is 2.31. The summed E-state index contributed by atoms with van der Waals surface area (Å²) in [6.07, 6.45) is 0.252. The van der Waals surface area contributed by atoms with Crippen molar-refractivity contribution in [1.29, 1.82) is 0 Å². The maximum Gasteiger partial charge on any atom is 0.261 e. The fraction of sp³-hybridized carbons (Fsp3) is 0.350. The molecule has 2 atom stereocenters. The number of benzene rings is 2. The molecule has 0 aliphatic rings. The van der Waals surface area contributed by atoms with Crippen molar-refractivity contribution in [3.63, 3.8) is 0 Å². The van der Waals surface area contributed by atoms with E-state index in [1.165, 1.54) is 5.56 Å². The zero-order valence-electron chi connectivity index (χ0n) is 14.7. The minimum absolute atomic E-state index is 0.0139. The van der Waals surface area contributed by atoms with Crippen molar-refractivity contribution in [2.24, 2.45) is 0 Å².